The third-order valence-corrected chi connectivity index (χ3v) is 3.62. The van der Waals surface area contributed by atoms with E-state index in [1.165, 1.54) is 5.56 Å². The van der Waals surface area contributed by atoms with E-state index in [9.17, 15) is 0 Å². The van der Waals surface area contributed by atoms with Crippen LogP contribution < -0.4 is 15.2 Å². The van der Waals surface area contributed by atoms with Gasteiger partial charge in [0.15, 0.2) is 17.6 Å². The van der Waals surface area contributed by atoms with Crippen LogP contribution in [0.25, 0.3) is 0 Å². The minimum absolute atomic E-state index is 0.193. The van der Waals surface area contributed by atoms with Gasteiger partial charge in [-0.25, -0.2) is 0 Å². The highest BCUT2D eigenvalue weighted by molar-refractivity contribution is 5.50. The minimum atomic E-state index is -0.308. The summed E-state index contributed by atoms with van der Waals surface area (Å²) >= 11 is 0. The average Bonchev–Trinajstić information content (AvgIpc) is 2.98. The van der Waals surface area contributed by atoms with Gasteiger partial charge < -0.3 is 19.6 Å². The number of hydrogen-bond acceptors (Lipinski definition) is 4. The SMILES string of the molecule is Cc1ccc(C(CN)Oc2cccc3c2OC(C)(C)C3)o1. The maximum absolute atomic E-state index is 6.06. The normalized spacial score (nSPS) is 17.1. The zero-order valence-corrected chi connectivity index (χ0v) is 12.7. The molecule has 1 aromatic heterocycles. The van der Waals surface area contributed by atoms with Crippen LogP contribution in [0, 0.1) is 6.92 Å². The van der Waals surface area contributed by atoms with Crippen LogP contribution in [0.4, 0.5) is 0 Å². The van der Waals surface area contributed by atoms with Crippen LogP contribution in [0.15, 0.2) is 34.7 Å². The third kappa shape index (κ3) is 2.76. The molecule has 112 valence electrons. The lowest BCUT2D eigenvalue weighted by molar-refractivity contribution is 0.122. The fourth-order valence-electron chi connectivity index (χ4n) is 2.68. The predicted molar refractivity (Wildman–Crippen MR) is 80.7 cm³/mol. The highest BCUT2D eigenvalue weighted by Crippen LogP contribution is 2.43. The number of hydrogen-bond donors (Lipinski definition) is 1. The number of aryl methyl sites for hydroxylation is 1. The van der Waals surface area contributed by atoms with E-state index in [-0.39, 0.29) is 11.7 Å². The van der Waals surface area contributed by atoms with Crippen molar-refractivity contribution in [2.45, 2.75) is 38.9 Å². The Labute approximate surface area is 124 Å². The number of fused-ring (bicyclic) bond motifs is 1. The number of para-hydroxylation sites is 1. The smallest absolute Gasteiger partial charge is 0.168 e. The van der Waals surface area contributed by atoms with Gasteiger partial charge in [-0.2, -0.15) is 0 Å². The summed E-state index contributed by atoms with van der Waals surface area (Å²) < 4.78 is 17.7. The first-order chi connectivity index (χ1) is 9.98. The van der Waals surface area contributed by atoms with E-state index in [4.69, 9.17) is 19.6 Å². The van der Waals surface area contributed by atoms with Gasteiger partial charge in [0.2, 0.25) is 0 Å². The van der Waals surface area contributed by atoms with Gasteiger partial charge in [0, 0.05) is 18.5 Å². The number of benzene rings is 1. The van der Waals surface area contributed by atoms with Gasteiger partial charge in [0.25, 0.3) is 0 Å². The summed E-state index contributed by atoms with van der Waals surface area (Å²) in [5, 5.41) is 0. The molecule has 2 aromatic rings. The molecule has 0 fully saturated rings. The number of nitrogens with two attached hydrogens (primary N) is 1. The van der Waals surface area contributed by atoms with E-state index in [0.29, 0.717) is 6.54 Å². The van der Waals surface area contributed by atoms with Crippen LogP contribution >= 0.6 is 0 Å². The van der Waals surface area contributed by atoms with Crippen molar-refractivity contribution in [1.29, 1.82) is 0 Å². The van der Waals surface area contributed by atoms with Crippen molar-refractivity contribution >= 4 is 0 Å². The molecule has 2 heterocycles. The molecule has 0 radical (unpaired) electrons. The monoisotopic (exact) mass is 287 g/mol. The van der Waals surface area contributed by atoms with E-state index in [1.54, 1.807) is 0 Å². The lowest BCUT2D eigenvalue weighted by Gasteiger charge is -2.20. The molecule has 0 saturated carbocycles. The highest BCUT2D eigenvalue weighted by atomic mass is 16.5. The van der Waals surface area contributed by atoms with E-state index in [1.807, 2.05) is 31.2 Å². The van der Waals surface area contributed by atoms with Gasteiger partial charge >= 0.3 is 0 Å². The Hall–Kier alpha value is -1.94. The molecule has 1 aliphatic heterocycles. The second kappa shape index (κ2) is 5.11. The molecule has 0 amide bonds. The Morgan fingerprint density at radius 3 is 2.76 bits per heavy atom. The van der Waals surface area contributed by atoms with Crippen molar-refractivity contribution < 1.29 is 13.9 Å². The molecule has 1 atom stereocenters. The van der Waals surface area contributed by atoms with Gasteiger partial charge in [0.1, 0.15) is 17.1 Å². The molecular weight excluding hydrogens is 266 g/mol. The summed E-state index contributed by atoms with van der Waals surface area (Å²) in [5.74, 6) is 3.14. The molecule has 0 saturated heterocycles. The van der Waals surface area contributed by atoms with Crippen LogP contribution in [0.5, 0.6) is 11.5 Å². The van der Waals surface area contributed by atoms with Crippen molar-refractivity contribution in [3.05, 3.63) is 47.4 Å². The van der Waals surface area contributed by atoms with Crippen molar-refractivity contribution in [3.8, 4) is 11.5 Å². The van der Waals surface area contributed by atoms with Gasteiger partial charge in [0.05, 0.1) is 0 Å². The molecule has 0 bridgehead atoms. The Morgan fingerprint density at radius 1 is 1.29 bits per heavy atom. The largest absolute Gasteiger partial charge is 0.483 e. The first-order valence-electron chi connectivity index (χ1n) is 7.22. The second-order valence-corrected chi connectivity index (χ2v) is 6.07. The van der Waals surface area contributed by atoms with Crippen molar-refractivity contribution in [1.82, 2.24) is 0 Å². The molecule has 1 aromatic carbocycles. The lowest BCUT2D eigenvalue weighted by atomic mass is 10.0. The number of rotatable bonds is 4. The molecule has 0 aliphatic carbocycles. The molecule has 2 N–H and O–H groups in total. The highest BCUT2D eigenvalue weighted by Gasteiger charge is 2.33. The fraction of sp³-hybridized carbons (Fsp3) is 0.412. The Bertz CT molecular complexity index is 645. The van der Waals surface area contributed by atoms with Gasteiger partial charge in [-0.3, -0.25) is 0 Å². The Morgan fingerprint density at radius 2 is 2.10 bits per heavy atom. The summed E-state index contributed by atoms with van der Waals surface area (Å²) in [7, 11) is 0. The Balaban J connectivity index is 1.87. The van der Waals surface area contributed by atoms with Gasteiger partial charge in [-0.1, -0.05) is 12.1 Å². The molecular formula is C17H21NO3. The first kappa shape index (κ1) is 14.0. The van der Waals surface area contributed by atoms with Crippen molar-refractivity contribution in [2.75, 3.05) is 6.54 Å². The van der Waals surface area contributed by atoms with E-state index >= 15 is 0 Å². The number of ether oxygens (including phenoxy) is 2. The van der Waals surface area contributed by atoms with Crippen molar-refractivity contribution in [2.24, 2.45) is 5.73 Å². The topological polar surface area (TPSA) is 57.6 Å². The summed E-state index contributed by atoms with van der Waals surface area (Å²) in [6, 6.07) is 9.79. The molecule has 4 heteroatoms. The second-order valence-electron chi connectivity index (χ2n) is 6.07. The molecule has 21 heavy (non-hydrogen) atoms. The molecule has 1 unspecified atom stereocenters. The van der Waals surface area contributed by atoms with E-state index in [0.717, 1.165) is 29.4 Å². The third-order valence-electron chi connectivity index (χ3n) is 3.62. The van der Waals surface area contributed by atoms with Crippen LogP contribution in [0.2, 0.25) is 0 Å². The first-order valence-corrected chi connectivity index (χ1v) is 7.22. The summed E-state index contributed by atoms with van der Waals surface area (Å²) in [6.45, 7) is 6.41. The summed E-state index contributed by atoms with van der Waals surface area (Å²) in [4.78, 5) is 0. The zero-order chi connectivity index (χ0) is 15.0. The van der Waals surface area contributed by atoms with Crippen LogP contribution in [0.3, 0.4) is 0 Å². The summed E-state index contributed by atoms with van der Waals surface area (Å²) in [5.41, 5.74) is 6.81. The lowest BCUT2D eigenvalue weighted by Crippen LogP contribution is -2.25. The maximum Gasteiger partial charge on any atom is 0.168 e. The molecule has 3 rings (SSSR count). The van der Waals surface area contributed by atoms with Crippen LogP contribution in [-0.4, -0.2) is 12.1 Å². The van der Waals surface area contributed by atoms with Crippen molar-refractivity contribution in [3.63, 3.8) is 0 Å². The molecule has 0 spiro atoms. The molecule has 1 aliphatic rings. The number of furan rings is 1. The summed E-state index contributed by atoms with van der Waals surface area (Å²) in [6.07, 6.45) is 0.574. The quantitative estimate of drug-likeness (QED) is 0.936. The standard InChI is InChI=1S/C17H21NO3/c1-11-7-8-13(19-11)15(10-18)20-14-6-4-5-12-9-17(2,3)21-16(12)14/h4-8,15H,9-10,18H2,1-3H3. The van der Waals surface area contributed by atoms with Gasteiger partial charge in [-0.15, -0.1) is 0 Å². The zero-order valence-electron chi connectivity index (χ0n) is 12.7. The van der Waals surface area contributed by atoms with E-state index in [2.05, 4.69) is 19.9 Å². The predicted octanol–water partition coefficient (Wildman–Crippen LogP) is 3.38. The Kier molecular flexibility index (Phi) is 3.41. The van der Waals surface area contributed by atoms with Crippen LogP contribution in [-0.2, 0) is 6.42 Å². The van der Waals surface area contributed by atoms with Crippen LogP contribution in [0.1, 0.15) is 37.0 Å². The molecule has 4 nitrogen and oxygen atoms in total. The van der Waals surface area contributed by atoms with Gasteiger partial charge in [-0.05, 0) is 39.0 Å². The maximum atomic E-state index is 6.06. The average molecular weight is 287 g/mol. The fourth-order valence-corrected chi connectivity index (χ4v) is 2.68. The van der Waals surface area contributed by atoms with E-state index < -0.39 is 0 Å². The minimum Gasteiger partial charge on any atom is -0.483 e.